The minimum Gasteiger partial charge on any atom is -0.497 e. The second-order valence-electron chi connectivity index (χ2n) is 3.63. The van der Waals surface area contributed by atoms with Crippen LogP contribution in [-0.2, 0) is 0 Å². The van der Waals surface area contributed by atoms with Gasteiger partial charge < -0.3 is 14.4 Å². The molecule has 4 heteroatoms. The number of hydrogen-bond donors (Lipinski definition) is 0. The van der Waals surface area contributed by atoms with Crippen molar-refractivity contribution >= 4 is 5.69 Å². The van der Waals surface area contributed by atoms with Gasteiger partial charge in [0.1, 0.15) is 17.5 Å². The van der Waals surface area contributed by atoms with Gasteiger partial charge >= 0.3 is 0 Å². The molecule has 1 rings (SSSR count). The maximum atomic E-state index is 9.02. The number of anilines is 1. The molecule has 0 aromatic heterocycles. The molecular weight excluding hydrogens is 216 g/mol. The first-order valence-corrected chi connectivity index (χ1v) is 5.56. The monoisotopic (exact) mass is 234 g/mol. The van der Waals surface area contributed by atoms with Gasteiger partial charge in [0, 0.05) is 12.6 Å². The van der Waals surface area contributed by atoms with Gasteiger partial charge in [0.05, 0.1) is 26.0 Å². The minimum absolute atomic E-state index is 0.207. The van der Waals surface area contributed by atoms with Crippen molar-refractivity contribution in [3.05, 3.63) is 18.2 Å². The highest BCUT2D eigenvalue weighted by Gasteiger charge is 2.17. The molecule has 17 heavy (non-hydrogen) atoms. The van der Waals surface area contributed by atoms with Crippen molar-refractivity contribution in [3.63, 3.8) is 0 Å². The Morgan fingerprint density at radius 2 is 2.06 bits per heavy atom. The average Bonchev–Trinajstić information content (AvgIpc) is 2.39. The summed E-state index contributed by atoms with van der Waals surface area (Å²) in [6.45, 7) is 4.60. The molecule has 1 unspecified atom stereocenters. The van der Waals surface area contributed by atoms with Crippen molar-refractivity contribution in [2.24, 2.45) is 0 Å². The normalized spacial score (nSPS) is 11.5. The molecule has 0 bridgehead atoms. The second-order valence-corrected chi connectivity index (χ2v) is 3.63. The van der Waals surface area contributed by atoms with Crippen LogP contribution in [0.2, 0.25) is 0 Å². The molecule has 1 aromatic carbocycles. The summed E-state index contributed by atoms with van der Waals surface area (Å²) in [5.41, 5.74) is 0.878. The van der Waals surface area contributed by atoms with E-state index < -0.39 is 0 Å². The van der Waals surface area contributed by atoms with E-state index in [0.717, 1.165) is 23.7 Å². The Kier molecular flexibility index (Phi) is 4.65. The second kappa shape index (κ2) is 6.00. The SMILES string of the molecule is CCN(c1cc(OC)ccc1OC)C(C)C#N. The molecule has 1 atom stereocenters. The molecule has 0 N–H and O–H groups in total. The van der Waals surface area contributed by atoms with Gasteiger partial charge in [0.2, 0.25) is 0 Å². The summed E-state index contributed by atoms with van der Waals surface area (Å²) in [4.78, 5) is 1.97. The summed E-state index contributed by atoms with van der Waals surface area (Å²) in [5, 5.41) is 9.02. The molecule has 0 fully saturated rings. The summed E-state index contributed by atoms with van der Waals surface area (Å²) in [5.74, 6) is 1.50. The Balaban J connectivity index is 3.20. The third-order valence-electron chi connectivity index (χ3n) is 2.69. The van der Waals surface area contributed by atoms with Gasteiger partial charge in [-0.2, -0.15) is 5.26 Å². The van der Waals surface area contributed by atoms with Crippen molar-refractivity contribution in [3.8, 4) is 17.6 Å². The quantitative estimate of drug-likeness (QED) is 0.785. The number of hydrogen-bond acceptors (Lipinski definition) is 4. The van der Waals surface area contributed by atoms with Crippen molar-refractivity contribution in [1.82, 2.24) is 0 Å². The van der Waals surface area contributed by atoms with Crippen LogP contribution in [0, 0.1) is 11.3 Å². The van der Waals surface area contributed by atoms with E-state index in [2.05, 4.69) is 6.07 Å². The van der Waals surface area contributed by atoms with Gasteiger partial charge in [-0.05, 0) is 26.0 Å². The van der Waals surface area contributed by atoms with Crippen LogP contribution in [-0.4, -0.2) is 26.8 Å². The largest absolute Gasteiger partial charge is 0.497 e. The third kappa shape index (κ3) is 2.82. The van der Waals surface area contributed by atoms with Gasteiger partial charge in [-0.15, -0.1) is 0 Å². The van der Waals surface area contributed by atoms with E-state index in [0.29, 0.717) is 0 Å². The number of methoxy groups -OCH3 is 2. The lowest BCUT2D eigenvalue weighted by Gasteiger charge is -2.27. The van der Waals surface area contributed by atoms with E-state index in [9.17, 15) is 0 Å². The lowest BCUT2D eigenvalue weighted by atomic mass is 10.2. The fraction of sp³-hybridized carbons (Fsp3) is 0.462. The first-order valence-electron chi connectivity index (χ1n) is 5.56. The topological polar surface area (TPSA) is 45.5 Å². The highest BCUT2D eigenvalue weighted by Crippen LogP contribution is 2.33. The van der Waals surface area contributed by atoms with Crippen LogP contribution in [0.5, 0.6) is 11.5 Å². The molecule has 0 saturated heterocycles. The molecule has 0 spiro atoms. The predicted octanol–water partition coefficient (Wildman–Crippen LogP) is 2.44. The Labute approximate surface area is 102 Å². The molecule has 0 aliphatic rings. The molecule has 92 valence electrons. The fourth-order valence-electron chi connectivity index (χ4n) is 1.74. The minimum atomic E-state index is -0.207. The highest BCUT2D eigenvalue weighted by molar-refractivity contribution is 5.62. The van der Waals surface area contributed by atoms with Gasteiger partial charge in [-0.3, -0.25) is 0 Å². The summed E-state index contributed by atoms with van der Waals surface area (Å²) in [6.07, 6.45) is 0. The zero-order chi connectivity index (χ0) is 12.8. The van der Waals surface area contributed by atoms with Crippen molar-refractivity contribution in [1.29, 1.82) is 5.26 Å². The zero-order valence-electron chi connectivity index (χ0n) is 10.7. The van der Waals surface area contributed by atoms with Crippen LogP contribution in [0.4, 0.5) is 5.69 Å². The van der Waals surface area contributed by atoms with Crippen LogP contribution in [0.3, 0.4) is 0 Å². The lowest BCUT2D eigenvalue weighted by molar-refractivity contribution is 0.402. The Morgan fingerprint density at radius 1 is 1.35 bits per heavy atom. The van der Waals surface area contributed by atoms with Crippen molar-refractivity contribution in [2.75, 3.05) is 25.7 Å². The Morgan fingerprint density at radius 3 is 2.53 bits per heavy atom. The van der Waals surface area contributed by atoms with Crippen molar-refractivity contribution in [2.45, 2.75) is 19.9 Å². The summed E-state index contributed by atoms with van der Waals surface area (Å²) in [6, 6.07) is 7.60. The lowest BCUT2D eigenvalue weighted by Crippen LogP contribution is -2.31. The average molecular weight is 234 g/mol. The summed E-state index contributed by atoms with van der Waals surface area (Å²) in [7, 11) is 3.24. The summed E-state index contributed by atoms with van der Waals surface area (Å²) >= 11 is 0. The van der Waals surface area contributed by atoms with Crippen molar-refractivity contribution < 1.29 is 9.47 Å². The highest BCUT2D eigenvalue weighted by atomic mass is 16.5. The van der Waals surface area contributed by atoms with Crippen LogP contribution in [0.1, 0.15) is 13.8 Å². The van der Waals surface area contributed by atoms with Crippen LogP contribution in [0.15, 0.2) is 18.2 Å². The number of nitriles is 1. The first kappa shape index (κ1) is 13.2. The molecule has 4 nitrogen and oxygen atoms in total. The van der Waals surface area contributed by atoms with Gasteiger partial charge in [-0.1, -0.05) is 0 Å². The van der Waals surface area contributed by atoms with Gasteiger partial charge in [-0.25, -0.2) is 0 Å². The van der Waals surface area contributed by atoms with E-state index in [1.54, 1.807) is 14.2 Å². The molecule has 0 heterocycles. The first-order chi connectivity index (χ1) is 8.17. The Hall–Kier alpha value is -1.89. The fourth-order valence-corrected chi connectivity index (χ4v) is 1.74. The van der Waals surface area contributed by atoms with Crippen LogP contribution >= 0.6 is 0 Å². The predicted molar refractivity (Wildman–Crippen MR) is 67.6 cm³/mol. The molecule has 1 aromatic rings. The third-order valence-corrected chi connectivity index (χ3v) is 2.69. The van der Waals surface area contributed by atoms with E-state index in [1.807, 2.05) is 36.9 Å². The zero-order valence-corrected chi connectivity index (χ0v) is 10.7. The smallest absolute Gasteiger partial charge is 0.142 e. The van der Waals surface area contributed by atoms with E-state index in [4.69, 9.17) is 14.7 Å². The molecule has 0 radical (unpaired) electrons. The van der Waals surface area contributed by atoms with Gasteiger partial charge in [0.25, 0.3) is 0 Å². The molecular formula is C13H18N2O2. The number of ether oxygens (including phenoxy) is 2. The number of rotatable bonds is 5. The molecule has 0 saturated carbocycles. The maximum absolute atomic E-state index is 9.02. The standard InChI is InChI=1S/C13H18N2O2/c1-5-15(10(2)9-14)12-8-11(16-3)6-7-13(12)17-4/h6-8,10H,5H2,1-4H3. The van der Waals surface area contributed by atoms with Gasteiger partial charge in [0.15, 0.2) is 0 Å². The molecule has 0 aliphatic heterocycles. The van der Waals surface area contributed by atoms with E-state index >= 15 is 0 Å². The Bertz CT molecular complexity index is 412. The summed E-state index contributed by atoms with van der Waals surface area (Å²) < 4.78 is 10.5. The molecule has 0 aliphatic carbocycles. The number of nitrogens with zero attached hydrogens (tertiary/aromatic N) is 2. The van der Waals surface area contributed by atoms with E-state index in [1.165, 1.54) is 0 Å². The number of benzene rings is 1. The van der Waals surface area contributed by atoms with E-state index in [-0.39, 0.29) is 6.04 Å². The van der Waals surface area contributed by atoms with Crippen LogP contribution in [0.25, 0.3) is 0 Å². The maximum Gasteiger partial charge on any atom is 0.142 e. The van der Waals surface area contributed by atoms with Crippen LogP contribution < -0.4 is 14.4 Å². The molecule has 0 amide bonds.